The van der Waals surface area contributed by atoms with Gasteiger partial charge in [-0.1, -0.05) is 60.7 Å². The largest absolute Gasteiger partial charge is 0.417 e. The van der Waals surface area contributed by atoms with E-state index in [0.717, 1.165) is 21.5 Å². The van der Waals surface area contributed by atoms with Crippen molar-refractivity contribution in [1.29, 1.82) is 0 Å². The predicted octanol–water partition coefficient (Wildman–Crippen LogP) is 5.53. The lowest BCUT2D eigenvalue weighted by molar-refractivity contribution is -0.394. The molecule has 2 amide bonds. The van der Waals surface area contributed by atoms with Crippen LogP contribution >= 0.6 is 0 Å². The molecule has 8 heteroatoms. The third-order valence-corrected chi connectivity index (χ3v) is 6.27. The molecule has 0 aromatic heterocycles. The topological polar surface area (TPSA) is 77.5 Å². The van der Waals surface area contributed by atoms with E-state index in [-0.39, 0.29) is 0 Å². The van der Waals surface area contributed by atoms with E-state index < -0.39 is 24.6 Å². The first-order valence-corrected chi connectivity index (χ1v) is 10.8. The van der Waals surface area contributed by atoms with E-state index in [0.29, 0.717) is 22.6 Å². The van der Waals surface area contributed by atoms with Crippen LogP contribution in [0.25, 0.3) is 21.5 Å². The fourth-order valence-electron chi connectivity index (χ4n) is 4.48. The summed E-state index contributed by atoms with van der Waals surface area (Å²) in [5.41, 5.74) is 1.33. The molecule has 0 radical (unpaired) electrons. The number of hydrogen-bond acceptors (Lipinski definition) is 6. The molecule has 2 atom stereocenters. The van der Waals surface area contributed by atoms with Crippen molar-refractivity contribution < 1.29 is 28.8 Å². The van der Waals surface area contributed by atoms with E-state index in [1.165, 1.54) is 9.80 Å². The summed E-state index contributed by atoms with van der Waals surface area (Å²) < 4.78 is 11.0. The number of rotatable bonds is 3. The van der Waals surface area contributed by atoms with Crippen molar-refractivity contribution in [2.75, 3.05) is 14.1 Å². The smallest absolute Gasteiger partial charge is 0.410 e. The fraction of sp³-hybridized carbons (Fsp3) is 0.154. The summed E-state index contributed by atoms with van der Waals surface area (Å²) in [6.07, 6.45) is -2.93. The van der Waals surface area contributed by atoms with Crippen LogP contribution in [0.3, 0.4) is 0 Å². The Labute approximate surface area is 194 Å². The van der Waals surface area contributed by atoms with Crippen molar-refractivity contribution in [2.24, 2.45) is 0 Å². The second-order valence-electron chi connectivity index (χ2n) is 8.25. The number of amides is 2. The first-order valence-electron chi connectivity index (χ1n) is 10.8. The van der Waals surface area contributed by atoms with Gasteiger partial charge < -0.3 is 9.47 Å². The first kappa shape index (κ1) is 20.5. The second kappa shape index (κ2) is 7.72. The van der Waals surface area contributed by atoms with Crippen LogP contribution in [0.4, 0.5) is 9.59 Å². The quantitative estimate of drug-likeness (QED) is 0.298. The Balaban J connectivity index is 1.42. The molecule has 0 aliphatic carbocycles. The highest BCUT2D eigenvalue weighted by Gasteiger charge is 2.39. The minimum absolute atomic E-state index is 0.401. The maximum Gasteiger partial charge on any atom is 0.417 e. The van der Waals surface area contributed by atoms with Crippen molar-refractivity contribution in [3.8, 4) is 11.5 Å². The number of nitrogens with zero attached hydrogens (tertiary/aromatic N) is 2. The second-order valence-corrected chi connectivity index (χ2v) is 8.25. The lowest BCUT2D eigenvalue weighted by Gasteiger charge is -2.36. The van der Waals surface area contributed by atoms with Crippen LogP contribution in [0.1, 0.15) is 23.6 Å². The molecule has 34 heavy (non-hydrogen) atoms. The number of benzene rings is 4. The van der Waals surface area contributed by atoms with E-state index in [1.54, 1.807) is 26.2 Å². The highest BCUT2D eigenvalue weighted by atomic mass is 17.2. The maximum atomic E-state index is 12.5. The summed E-state index contributed by atoms with van der Waals surface area (Å²) >= 11 is 0. The standard InChI is InChI=1S/C26H20N2O6/c1-27-23(21-17-9-5-3-7-15(17)11-13-19(21)31-25(27)29)33-34-24-22-18-10-6-4-8-16(18)12-14-20(22)32-26(30)28(24)2/h3-14,23-24H,1-2H3/t23-,24-/m1/s1. The first-order chi connectivity index (χ1) is 16.5. The highest BCUT2D eigenvalue weighted by Crippen LogP contribution is 2.44. The zero-order chi connectivity index (χ0) is 23.4. The van der Waals surface area contributed by atoms with Crippen molar-refractivity contribution in [1.82, 2.24) is 9.80 Å². The molecule has 4 aromatic rings. The SMILES string of the molecule is CN1C(=O)Oc2ccc3ccccc3c2[C@H]1OO[C@@H]1c2c(ccc3ccccc23)OC(=O)N1C. The van der Waals surface area contributed by atoms with Crippen molar-refractivity contribution in [3.05, 3.63) is 83.9 Å². The molecule has 0 unspecified atom stereocenters. The Kier molecular flexibility index (Phi) is 4.65. The molecule has 0 saturated carbocycles. The number of carbonyl (C=O) groups excluding carboxylic acids is 2. The molecule has 0 N–H and O–H groups in total. The van der Waals surface area contributed by atoms with Crippen molar-refractivity contribution in [3.63, 3.8) is 0 Å². The molecule has 2 aliphatic heterocycles. The minimum atomic E-state index is -0.896. The van der Waals surface area contributed by atoms with E-state index >= 15 is 0 Å². The lowest BCUT2D eigenvalue weighted by Crippen LogP contribution is -2.42. The molecule has 8 nitrogen and oxygen atoms in total. The van der Waals surface area contributed by atoms with Crippen LogP contribution in [-0.2, 0) is 9.78 Å². The van der Waals surface area contributed by atoms with Gasteiger partial charge in [-0.05, 0) is 33.7 Å². The third-order valence-electron chi connectivity index (χ3n) is 6.27. The molecule has 0 bridgehead atoms. The molecule has 2 aliphatic rings. The monoisotopic (exact) mass is 456 g/mol. The average Bonchev–Trinajstić information content (AvgIpc) is 2.86. The Morgan fingerprint density at radius 3 is 1.47 bits per heavy atom. The van der Waals surface area contributed by atoms with Gasteiger partial charge in [-0.25, -0.2) is 19.4 Å². The van der Waals surface area contributed by atoms with Crippen LogP contribution < -0.4 is 9.47 Å². The normalized spacial score (nSPS) is 19.6. The van der Waals surface area contributed by atoms with Crippen LogP contribution in [0, 0.1) is 0 Å². The summed E-state index contributed by atoms with van der Waals surface area (Å²) in [5.74, 6) is 0.801. The fourth-order valence-corrected chi connectivity index (χ4v) is 4.48. The van der Waals surface area contributed by atoms with Gasteiger partial charge in [0.05, 0.1) is 11.1 Å². The minimum Gasteiger partial charge on any atom is -0.410 e. The van der Waals surface area contributed by atoms with Crippen LogP contribution in [0.2, 0.25) is 0 Å². The van der Waals surface area contributed by atoms with Gasteiger partial charge in [0.25, 0.3) is 0 Å². The molecule has 0 spiro atoms. The van der Waals surface area contributed by atoms with Gasteiger partial charge in [0, 0.05) is 14.1 Å². The third kappa shape index (κ3) is 3.07. The Hall–Kier alpha value is -4.14. The summed E-state index contributed by atoms with van der Waals surface area (Å²) in [5, 5.41) is 3.68. The summed E-state index contributed by atoms with van der Waals surface area (Å²) in [7, 11) is 3.15. The molecule has 0 fully saturated rings. The molecule has 6 rings (SSSR count). The molecule has 0 saturated heterocycles. The maximum absolute atomic E-state index is 12.5. The highest BCUT2D eigenvalue weighted by molar-refractivity contribution is 5.91. The van der Waals surface area contributed by atoms with Gasteiger partial charge >= 0.3 is 12.2 Å². The molecular formula is C26H20N2O6. The van der Waals surface area contributed by atoms with Gasteiger partial charge in [-0.2, -0.15) is 0 Å². The number of carbonyl (C=O) groups is 2. The average molecular weight is 456 g/mol. The predicted molar refractivity (Wildman–Crippen MR) is 123 cm³/mol. The number of fused-ring (bicyclic) bond motifs is 6. The van der Waals surface area contributed by atoms with E-state index in [1.807, 2.05) is 60.7 Å². The molecule has 4 aromatic carbocycles. The summed E-state index contributed by atoms with van der Waals surface area (Å²) in [6.45, 7) is 0. The van der Waals surface area contributed by atoms with Crippen LogP contribution in [0.5, 0.6) is 11.5 Å². The Morgan fingerprint density at radius 1 is 0.618 bits per heavy atom. The lowest BCUT2D eigenvalue weighted by atomic mass is 10.0. The Bertz CT molecular complexity index is 1360. The van der Waals surface area contributed by atoms with Crippen LogP contribution in [0.15, 0.2) is 72.8 Å². The van der Waals surface area contributed by atoms with Gasteiger partial charge in [-0.15, -0.1) is 0 Å². The van der Waals surface area contributed by atoms with Crippen molar-refractivity contribution >= 4 is 33.7 Å². The van der Waals surface area contributed by atoms with Gasteiger partial charge in [0.2, 0.25) is 0 Å². The van der Waals surface area contributed by atoms with Gasteiger partial charge in [0.1, 0.15) is 11.5 Å². The molecule has 2 heterocycles. The summed E-state index contributed by atoms with van der Waals surface area (Å²) in [6, 6.07) is 22.8. The van der Waals surface area contributed by atoms with Crippen molar-refractivity contribution in [2.45, 2.75) is 12.5 Å². The number of ether oxygens (including phenoxy) is 2. The Morgan fingerprint density at radius 2 is 1.03 bits per heavy atom. The zero-order valence-corrected chi connectivity index (χ0v) is 18.4. The molecule has 170 valence electrons. The molecular weight excluding hydrogens is 436 g/mol. The van der Waals surface area contributed by atoms with E-state index in [4.69, 9.17) is 19.2 Å². The van der Waals surface area contributed by atoms with Gasteiger partial charge in [0.15, 0.2) is 12.5 Å². The van der Waals surface area contributed by atoms with E-state index in [2.05, 4.69) is 0 Å². The number of hydrogen-bond donors (Lipinski definition) is 0. The zero-order valence-electron chi connectivity index (χ0n) is 18.4. The van der Waals surface area contributed by atoms with Gasteiger partial charge in [-0.3, -0.25) is 9.80 Å². The van der Waals surface area contributed by atoms with E-state index in [9.17, 15) is 9.59 Å². The summed E-state index contributed by atoms with van der Waals surface area (Å²) in [4.78, 5) is 39.6. The van der Waals surface area contributed by atoms with Crippen LogP contribution in [-0.4, -0.2) is 36.1 Å².